The van der Waals surface area contributed by atoms with E-state index < -0.39 is 34.9 Å². The number of fused-ring (bicyclic) bond motifs is 1. The van der Waals surface area contributed by atoms with Crippen molar-refractivity contribution in [2.24, 2.45) is 0 Å². The highest BCUT2D eigenvalue weighted by molar-refractivity contribution is 7.89. The fourth-order valence-corrected chi connectivity index (χ4v) is 5.02. The van der Waals surface area contributed by atoms with E-state index in [2.05, 4.69) is 0 Å². The highest BCUT2D eigenvalue weighted by Crippen LogP contribution is 2.38. The van der Waals surface area contributed by atoms with Crippen molar-refractivity contribution in [3.05, 3.63) is 77.9 Å². The number of aliphatic hydroxyl groups is 1. The zero-order valence-electron chi connectivity index (χ0n) is 15.1. The molecule has 1 N–H and O–H groups in total. The molecule has 1 aliphatic heterocycles. The van der Waals surface area contributed by atoms with Gasteiger partial charge in [0.05, 0.1) is 11.5 Å². The van der Waals surface area contributed by atoms with E-state index in [1.54, 1.807) is 18.2 Å². The smallest absolute Gasteiger partial charge is 0.425 e. The monoisotopic (exact) mass is 397 g/mol. The first-order chi connectivity index (χ1) is 13.4. The zero-order valence-corrected chi connectivity index (χ0v) is 16.0. The molecular weight excluding hydrogens is 378 g/mol. The van der Waals surface area contributed by atoms with Crippen molar-refractivity contribution in [3.63, 3.8) is 0 Å². The van der Waals surface area contributed by atoms with Gasteiger partial charge in [-0.1, -0.05) is 60.2 Å². The fraction of sp³-hybridized carbons (Fsp3) is 0.190. The van der Waals surface area contributed by atoms with Gasteiger partial charge in [-0.25, -0.2) is 13.2 Å². The van der Waals surface area contributed by atoms with Gasteiger partial charge in [0.15, 0.2) is 6.10 Å². The predicted molar refractivity (Wildman–Crippen MR) is 104 cm³/mol. The Bertz CT molecular complexity index is 1140. The third-order valence-corrected chi connectivity index (χ3v) is 6.76. The summed E-state index contributed by atoms with van der Waals surface area (Å²) in [6.07, 6.45) is -1.89. The molecule has 1 aliphatic rings. The second kappa shape index (κ2) is 6.92. The standard InChI is InChI=1S/C21H19NO5S/c1-14-9-11-16(12-10-14)28(25,26)22-19(13-23)20(27-21(22)24)18-8-4-6-15-5-2-3-7-17(15)18/h2-12,19-20,23H,13H2,1H3/t19-,20-/m1/s1. The molecule has 0 saturated carbocycles. The number of aliphatic hydroxyl groups excluding tert-OH is 1. The maximum absolute atomic E-state index is 13.1. The van der Waals surface area contributed by atoms with Crippen LogP contribution in [0.4, 0.5) is 4.79 Å². The number of carbonyl (C=O) groups excluding carboxylic acids is 1. The van der Waals surface area contributed by atoms with E-state index in [4.69, 9.17) is 4.74 Å². The van der Waals surface area contributed by atoms with E-state index >= 15 is 0 Å². The number of hydrogen-bond donors (Lipinski definition) is 1. The highest BCUT2D eigenvalue weighted by Gasteiger charge is 2.49. The molecule has 3 aromatic carbocycles. The summed E-state index contributed by atoms with van der Waals surface area (Å²) in [5, 5.41) is 11.8. The van der Waals surface area contributed by atoms with Crippen LogP contribution in [0.15, 0.2) is 71.6 Å². The van der Waals surface area contributed by atoms with E-state index in [-0.39, 0.29) is 4.90 Å². The van der Waals surface area contributed by atoms with Crippen LogP contribution < -0.4 is 0 Å². The number of nitrogens with zero attached hydrogens (tertiary/aromatic N) is 1. The van der Waals surface area contributed by atoms with Crippen molar-refractivity contribution >= 4 is 26.9 Å². The molecule has 2 atom stereocenters. The van der Waals surface area contributed by atoms with Gasteiger partial charge in [0.25, 0.3) is 10.0 Å². The number of cyclic esters (lactones) is 1. The molecule has 0 unspecified atom stereocenters. The Morgan fingerprint density at radius 2 is 1.68 bits per heavy atom. The van der Waals surface area contributed by atoms with Crippen molar-refractivity contribution < 1.29 is 23.1 Å². The molecule has 144 valence electrons. The molecule has 0 bridgehead atoms. The maximum Gasteiger partial charge on any atom is 0.425 e. The maximum atomic E-state index is 13.1. The topological polar surface area (TPSA) is 83.9 Å². The molecule has 1 amide bonds. The lowest BCUT2D eigenvalue weighted by atomic mass is 9.97. The largest absolute Gasteiger partial charge is 0.438 e. The fourth-order valence-electron chi connectivity index (χ4n) is 3.54. The Labute approximate surface area is 163 Å². The van der Waals surface area contributed by atoms with E-state index in [1.807, 2.05) is 43.3 Å². The number of rotatable bonds is 4. The van der Waals surface area contributed by atoms with Crippen molar-refractivity contribution in [1.82, 2.24) is 4.31 Å². The van der Waals surface area contributed by atoms with Gasteiger partial charge in [-0.05, 0) is 29.8 Å². The lowest BCUT2D eigenvalue weighted by Gasteiger charge is -2.23. The minimum atomic E-state index is -4.16. The Balaban J connectivity index is 1.79. The number of ether oxygens (including phenoxy) is 1. The van der Waals surface area contributed by atoms with Gasteiger partial charge in [0, 0.05) is 5.56 Å². The molecule has 0 spiro atoms. The molecule has 28 heavy (non-hydrogen) atoms. The number of aryl methyl sites for hydroxylation is 1. The van der Waals surface area contributed by atoms with Crippen LogP contribution in [-0.2, 0) is 14.8 Å². The molecule has 1 heterocycles. The van der Waals surface area contributed by atoms with Gasteiger partial charge in [0.2, 0.25) is 0 Å². The molecule has 1 fully saturated rings. The normalized spacial score (nSPS) is 19.8. The van der Waals surface area contributed by atoms with Crippen molar-refractivity contribution in [2.45, 2.75) is 24.0 Å². The van der Waals surface area contributed by atoms with Crippen LogP contribution in [0, 0.1) is 6.92 Å². The van der Waals surface area contributed by atoms with Crippen LogP contribution in [0.2, 0.25) is 0 Å². The van der Waals surface area contributed by atoms with Crippen LogP contribution in [0.5, 0.6) is 0 Å². The molecule has 7 heteroatoms. The number of amides is 1. The van der Waals surface area contributed by atoms with Crippen LogP contribution >= 0.6 is 0 Å². The first kappa shape index (κ1) is 18.5. The second-order valence-corrected chi connectivity index (χ2v) is 8.55. The Kier molecular flexibility index (Phi) is 4.56. The summed E-state index contributed by atoms with van der Waals surface area (Å²) in [5.74, 6) is 0. The number of carbonyl (C=O) groups is 1. The third kappa shape index (κ3) is 2.93. The van der Waals surface area contributed by atoms with E-state index in [0.717, 1.165) is 16.3 Å². The molecule has 0 aliphatic carbocycles. The summed E-state index contributed by atoms with van der Waals surface area (Å²) in [4.78, 5) is 12.5. The third-order valence-electron chi connectivity index (χ3n) is 4.95. The SMILES string of the molecule is Cc1ccc(S(=O)(=O)N2C(=O)O[C@H](c3cccc4ccccc34)[C@H]2CO)cc1. The number of hydrogen-bond acceptors (Lipinski definition) is 5. The molecule has 0 aromatic heterocycles. The van der Waals surface area contributed by atoms with Gasteiger partial charge in [-0.3, -0.25) is 0 Å². The summed E-state index contributed by atoms with van der Waals surface area (Å²) >= 11 is 0. The van der Waals surface area contributed by atoms with E-state index in [0.29, 0.717) is 9.87 Å². The van der Waals surface area contributed by atoms with Crippen LogP contribution in [-0.4, -0.2) is 36.6 Å². The summed E-state index contributed by atoms with van der Waals surface area (Å²) in [6.45, 7) is 1.29. The van der Waals surface area contributed by atoms with Gasteiger partial charge < -0.3 is 9.84 Å². The molecule has 1 saturated heterocycles. The quantitative estimate of drug-likeness (QED) is 0.730. The number of sulfonamides is 1. The summed E-state index contributed by atoms with van der Waals surface area (Å²) in [7, 11) is -4.16. The summed E-state index contributed by atoms with van der Waals surface area (Å²) in [5.41, 5.74) is 1.56. The average molecular weight is 397 g/mol. The van der Waals surface area contributed by atoms with Gasteiger partial charge >= 0.3 is 6.09 Å². The van der Waals surface area contributed by atoms with Gasteiger partial charge in [0.1, 0.15) is 6.04 Å². The Hall–Kier alpha value is -2.90. The number of benzene rings is 3. The minimum Gasteiger partial charge on any atom is -0.438 e. The zero-order chi connectivity index (χ0) is 19.9. The lowest BCUT2D eigenvalue weighted by molar-refractivity contribution is 0.119. The molecule has 4 rings (SSSR count). The Morgan fingerprint density at radius 3 is 2.39 bits per heavy atom. The van der Waals surface area contributed by atoms with E-state index in [1.165, 1.54) is 12.1 Å². The van der Waals surface area contributed by atoms with Crippen molar-refractivity contribution in [2.75, 3.05) is 6.61 Å². The molecule has 3 aromatic rings. The van der Waals surface area contributed by atoms with E-state index in [9.17, 15) is 18.3 Å². The summed E-state index contributed by atoms with van der Waals surface area (Å²) in [6, 6.07) is 18.2. The van der Waals surface area contributed by atoms with Crippen LogP contribution in [0.3, 0.4) is 0 Å². The second-order valence-electron chi connectivity index (χ2n) is 6.74. The van der Waals surface area contributed by atoms with Crippen molar-refractivity contribution in [3.8, 4) is 0 Å². The molecular formula is C21H19NO5S. The van der Waals surface area contributed by atoms with Gasteiger partial charge in [-0.2, -0.15) is 4.31 Å². The highest BCUT2D eigenvalue weighted by atomic mass is 32.2. The Morgan fingerprint density at radius 1 is 1.00 bits per heavy atom. The minimum absolute atomic E-state index is 0.0212. The first-order valence-corrected chi connectivity index (χ1v) is 10.3. The molecule has 0 radical (unpaired) electrons. The average Bonchev–Trinajstić information content (AvgIpc) is 3.04. The first-order valence-electron chi connectivity index (χ1n) is 8.84. The predicted octanol–water partition coefficient (Wildman–Crippen LogP) is 3.39. The van der Waals surface area contributed by atoms with Crippen LogP contribution in [0.1, 0.15) is 17.2 Å². The molecule has 6 nitrogen and oxygen atoms in total. The van der Waals surface area contributed by atoms with Gasteiger partial charge in [-0.15, -0.1) is 0 Å². The lowest BCUT2D eigenvalue weighted by Crippen LogP contribution is -2.41. The van der Waals surface area contributed by atoms with Crippen LogP contribution in [0.25, 0.3) is 10.8 Å². The van der Waals surface area contributed by atoms with Crippen molar-refractivity contribution in [1.29, 1.82) is 0 Å². The summed E-state index contributed by atoms with van der Waals surface area (Å²) < 4.78 is 32.3.